The molecule has 0 saturated heterocycles. The molecule has 33 heavy (non-hydrogen) atoms. The van der Waals surface area contributed by atoms with Crippen molar-refractivity contribution in [1.29, 1.82) is 0 Å². The first-order valence-electron chi connectivity index (χ1n) is 10.1. The summed E-state index contributed by atoms with van der Waals surface area (Å²) in [5, 5.41) is 16.3. The van der Waals surface area contributed by atoms with Crippen LogP contribution >= 0.6 is 11.6 Å². The molecule has 9 heteroatoms. The molecule has 3 heterocycles. The number of carbonyl (C=O) groups excluding carboxylic acids is 1. The number of benzene rings is 2. The van der Waals surface area contributed by atoms with Crippen molar-refractivity contribution in [2.45, 2.75) is 6.92 Å². The molecule has 0 radical (unpaired) electrons. The molecular weight excluding hydrogens is 440 g/mol. The normalized spacial score (nSPS) is 11.0. The predicted molar refractivity (Wildman–Crippen MR) is 127 cm³/mol. The molecule has 0 atom stereocenters. The van der Waals surface area contributed by atoms with E-state index in [1.165, 1.54) is 7.11 Å². The van der Waals surface area contributed by atoms with E-state index in [0.717, 1.165) is 27.8 Å². The Hall–Kier alpha value is -4.17. The molecule has 0 unspecified atom stereocenters. The first-order valence-corrected chi connectivity index (χ1v) is 10.5. The fourth-order valence-corrected chi connectivity index (χ4v) is 3.85. The lowest BCUT2D eigenvalue weighted by Crippen LogP contribution is -2.05. The van der Waals surface area contributed by atoms with Crippen LogP contribution in [0.2, 0.25) is 5.02 Å². The number of methoxy groups -OCH3 is 1. The SMILES string of the molecule is COc1cc(-n2cc(C)c(Nc3ccc4[nH]ncc4c3Cl)n2)ccc1C(=O)c1ccncc1. The Morgan fingerprint density at radius 2 is 1.97 bits per heavy atom. The number of rotatable bonds is 6. The van der Waals surface area contributed by atoms with Gasteiger partial charge in [0.05, 0.1) is 40.8 Å². The molecule has 0 fully saturated rings. The van der Waals surface area contributed by atoms with Gasteiger partial charge in [0.25, 0.3) is 0 Å². The maximum Gasteiger partial charge on any atom is 0.196 e. The number of aromatic amines is 1. The van der Waals surface area contributed by atoms with E-state index in [-0.39, 0.29) is 5.78 Å². The van der Waals surface area contributed by atoms with E-state index >= 15 is 0 Å². The molecule has 2 aromatic carbocycles. The first-order chi connectivity index (χ1) is 16.0. The Morgan fingerprint density at radius 3 is 2.76 bits per heavy atom. The van der Waals surface area contributed by atoms with Crippen molar-refractivity contribution in [3.05, 3.63) is 89.0 Å². The highest BCUT2D eigenvalue weighted by atomic mass is 35.5. The molecule has 5 rings (SSSR count). The molecule has 5 aromatic rings. The highest BCUT2D eigenvalue weighted by Crippen LogP contribution is 2.33. The van der Waals surface area contributed by atoms with E-state index in [4.69, 9.17) is 16.3 Å². The Labute approximate surface area is 194 Å². The van der Waals surface area contributed by atoms with Crippen molar-refractivity contribution in [2.75, 3.05) is 12.4 Å². The topological polar surface area (TPSA) is 97.7 Å². The van der Waals surface area contributed by atoms with Gasteiger partial charge in [-0.2, -0.15) is 5.10 Å². The van der Waals surface area contributed by atoms with Gasteiger partial charge in [-0.25, -0.2) is 4.68 Å². The van der Waals surface area contributed by atoms with Crippen LogP contribution < -0.4 is 10.1 Å². The Kier molecular flexibility index (Phi) is 5.27. The van der Waals surface area contributed by atoms with Gasteiger partial charge in [-0.1, -0.05) is 11.6 Å². The second-order valence-corrected chi connectivity index (χ2v) is 7.82. The lowest BCUT2D eigenvalue weighted by Gasteiger charge is -2.10. The van der Waals surface area contributed by atoms with Gasteiger partial charge in [0.2, 0.25) is 0 Å². The number of nitrogens with zero attached hydrogens (tertiary/aromatic N) is 4. The summed E-state index contributed by atoms with van der Waals surface area (Å²) in [6.45, 7) is 1.95. The number of halogens is 1. The van der Waals surface area contributed by atoms with Crippen LogP contribution in [0.3, 0.4) is 0 Å². The van der Waals surface area contributed by atoms with Gasteiger partial charge in [-0.15, -0.1) is 5.10 Å². The number of ether oxygens (including phenoxy) is 1. The van der Waals surface area contributed by atoms with Crippen molar-refractivity contribution < 1.29 is 9.53 Å². The summed E-state index contributed by atoms with van der Waals surface area (Å²) < 4.78 is 7.24. The zero-order chi connectivity index (χ0) is 22.9. The zero-order valence-electron chi connectivity index (χ0n) is 17.8. The fourth-order valence-electron chi connectivity index (χ4n) is 3.59. The fraction of sp³-hybridized carbons (Fsp3) is 0.0833. The molecule has 0 amide bonds. The number of aromatic nitrogens is 5. The summed E-state index contributed by atoms with van der Waals surface area (Å²) >= 11 is 6.54. The minimum absolute atomic E-state index is 0.135. The molecule has 0 aliphatic heterocycles. The first kappa shape index (κ1) is 20.7. The second-order valence-electron chi connectivity index (χ2n) is 7.44. The molecule has 0 aliphatic carbocycles. The van der Waals surface area contributed by atoms with Crippen LogP contribution in [-0.2, 0) is 0 Å². The van der Waals surface area contributed by atoms with Crippen LogP contribution in [0.5, 0.6) is 5.75 Å². The van der Waals surface area contributed by atoms with E-state index in [9.17, 15) is 4.79 Å². The van der Waals surface area contributed by atoms with E-state index in [1.54, 1.807) is 47.5 Å². The van der Waals surface area contributed by atoms with Gasteiger partial charge in [0.15, 0.2) is 11.6 Å². The van der Waals surface area contributed by atoms with E-state index in [2.05, 4.69) is 25.6 Å². The van der Waals surface area contributed by atoms with Gasteiger partial charge in [-0.05, 0) is 43.3 Å². The van der Waals surface area contributed by atoms with Crippen LogP contribution in [0.25, 0.3) is 16.6 Å². The highest BCUT2D eigenvalue weighted by Gasteiger charge is 2.17. The number of nitrogens with one attached hydrogen (secondary N) is 2. The summed E-state index contributed by atoms with van der Waals surface area (Å²) in [6.07, 6.45) is 6.76. The van der Waals surface area contributed by atoms with E-state index in [1.807, 2.05) is 31.3 Å². The summed E-state index contributed by atoms with van der Waals surface area (Å²) in [7, 11) is 1.54. The van der Waals surface area contributed by atoms with Crippen LogP contribution in [0.15, 0.2) is 67.3 Å². The van der Waals surface area contributed by atoms with E-state index < -0.39 is 0 Å². The average molecular weight is 459 g/mol. The number of ketones is 1. The molecular formula is C24H19ClN6O2. The van der Waals surface area contributed by atoms with Gasteiger partial charge in [-0.3, -0.25) is 14.9 Å². The largest absolute Gasteiger partial charge is 0.496 e. The third kappa shape index (κ3) is 3.81. The van der Waals surface area contributed by atoms with E-state index in [0.29, 0.717) is 27.7 Å². The van der Waals surface area contributed by atoms with Gasteiger partial charge in [0, 0.05) is 41.2 Å². The molecule has 0 spiro atoms. The highest BCUT2D eigenvalue weighted by molar-refractivity contribution is 6.38. The Balaban J connectivity index is 1.46. The molecule has 2 N–H and O–H groups in total. The van der Waals surface area contributed by atoms with Crippen LogP contribution in [0.1, 0.15) is 21.5 Å². The monoisotopic (exact) mass is 458 g/mol. The second kappa shape index (κ2) is 8.40. The number of carbonyl (C=O) groups is 1. The van der Waals surface area contributed by atoms with Gasteiger partial charge in [0.1, 0.15) is 5.75 Å². The summed E-state index contributed by atoms with van der Waals surface area (Å²) in [6, 6.07) is 12.5. The molecule has 0 bridgehead atoms. The number of hydrogen-bond donors (Lipinski definition) is 2. The van der Waals surface area contributed by atoms with Gasteiger partial charge < -0.3 is 10.1 Å². The van der Waals surface area contributed by atoms with Crippen LogP contribution in [0, 0.1) is 6.92 Å². The zero-order valence-corrected chi connectivity index (χ0v) is 18.6. The van der Waals surface area contributed by atoms with Crippen molar-refractivity contribution in [3.8, 4) is 11.4 Å². The van der Waals surface area contributed by atoms with Crippen molar-refractivity contribution in [2.24, 2.45) is 0 Å². The predicted octanol–water partition coefficient (Wildman–Crippen LogP) is 5.09. The minimum atomic E-state index is -0.135. The smallest absolute Gasteiger partial charge is 0.196 e. The number of hydrogen-bond acceptors (Lipinski definition) is 6. The lowest BCUT2D eigenvalue weighted by molar-refractivity contribution is 0.103. The maximum atomic E-state index is 12.9. The van der Waals surface area contributed by atoms with Crippen molar-refractivity contribution in [3.63, 3.8) is 0 Å². The van der Waals surface area contributed by atoms with Crippen molar-refractivity contribution >= 4 is 39.8 Å². The Bertz CT molecular complexity index is 1480. The number of pyridine rings is 1. The molecule has 8 nitrogen and oxygen atoms in total. The standard InChI is InChI=1S/C24H19ClN6O2/c1-14-13-31(30-24(14)28-20-6-5-19-18(22(20)25)12-27-29-19)16-3-4-17(21(11-16)33-2)23(32)15-7-9-26-10-8-15/h3-13H,1-2H3,(H,27,29)(H,28,30). The quantitative estimate of drug-likeness (QED) is 0.344. The molecule has 0 saturated carbocycles. The number of fused-ring (bicyclic) bond motifs is 1. The van der Waals surface area contributed by atoms with Gasteiger partial charge >= 0.3 is 0 Å². The van der Waals surface area contributed by atoms with Crippen LogP contribution in [0.4, 0.5) is 11.5 Å². The third-order valence-corrected chi connectivity index (χ3v) is 5.75. The average Bonchev–Trinajstić information content (AvgIpc) is 3.48. The number of aryl methyl sites for hydroxylation is 1. The number of H-pyrrole nitrogens is 1. The third-order valence-electron chi connectivity index (χ3n) is 5.35. The van der Waals surface area contributed by atoms with Crippen LogP contribution in [-0.4, -0.2) is 37.9 Å². The molecule has 0 aliphatic rings. The molecule has 164 valence electrons. The van der Waals surface area contributed by atoms with Crippen molar-refractivity contribution in [1.82, 2.24) is 25.0 Å². The Morgan fingerprint density at radius 1 is 1.15 bits per heavy atom. The maximum absolute atomic E-state index is 12.9. The number of anilines is 2. The molecule has 3 aromatic heterocycles. The lowest BCUT2D eigenvalue weighted by atomic mass is 10.0. The summed E-state index contributed by atoms with van der Waals surface area (Å²) in [5.41, 5.74) is 4.29. The summed E-state index contributed by atoms with van der Waals surface area (Å²) in [4.78, 5) is 16.8. The minimum Gasteiger partial charge on any atom is -0.496 e. The summed E-state index contributed by atoms with van der Waals surface area (Å²) in [5.74, 6) is 0.991.